The van der Waals surface area contributed by atoms with Crippen LogP contribution in [0.2, 0.25) is 0 Å². The van der Waals surface area contributed by atoms with Crippen molar-refractivity contribution >= 4 is 21.8 Å². The van der Waals surface area contributed by atoms with Crippen LogP contribution < -0.4 is 4.72 Å². The second-order valence-electron chi connectivity index (χ2n) is 5.26. The van der Waals surface area contributed by atoms with E-state index in [2.05, 4.69) is 4.72 Å². The third kappa shape index (κ3) is 3.36. The summed E-state index contributed by atoms with van der Waals surface area (Å²) in [6.07, 6.45) is 0.879. The summed E-state index contributed by atoms with van der Waals surface area (Å²) in [6.45, 7) is 4.21. The van der Waals surface area contributed by atoms with E-state index in [1.807, 2.05) is 19.9 Å². The summed E-state index contributed by atoms with van der Waals surface area (Å²) in [6, 6.07) is 5.19. The molecule has 2 rings (SSSR count). The van der Waals surface area contributed by atoms with Gasteiger partial charge in [-0.25, -0.2) is 13.1 Å². The van der Waals surface area contributed by atoms with Gasteiger partial charge in [0.1, 0.15) is 0 Å². The van der Waals surface area contributed by atoms with Gasteiger partial charge in [-0.2, -0.15) is 11.8 Å². The lowest BCUT2D eigenvalue weighted by Crippen LogP contribution is -2.44. The minimum atomic E-state index is -3.47. The molecule has 112 valence electrons. The van der Waals surface area contributed by atoms with Crippen LogP contribution in [0.5, 0.6) is 0 Å². The van der Waals surface area contributed by atoms with Gasteiger partial charge in [-0.15, -0.1) is 0 Å². The Balaban J connectivity index is 2.13. The van der Waals surface area contributed by atoms with Gasteiger partial charge in [-0.1, -0.05) is 6.07 Å². The summed E-state index contributed by atoms with van der Waals surface area (Å²) >= 11 is 1.80. The van der Waals surface area contributed by atoms with Crippen molar-refractivity contribution in [2.24, 2.45) is 0 Å². The monoisotopic (exact) mass is 315 g/mol. The van der Waals surface area contributed by atoms with Gasteiger partial charge in [-0.05, 0) is 49.3 Å². The number of benzene rings is 1. The van der Waals surface area contributed by atoms with Crippen molar-refractivity contribution in [1.82, 2.24) is 4.72 Å². The van der Waals surface area contributed by atoms with E-state index in [1.165, 1.54) is 0 Å². The van der Waals surface area contributed by atoms with Crippen molar-refractivity contribution in [2.75, 3.05) is 25.2 Å². The van der Waals surface area contributed by atoms with Gasteiger partial charge >= 0.3 is 0 Å². The van der Waals surface area contributed by atoms with E-state index in [0.29, 0.717) is 11.4 Å². The van der Waals surface area contributed by atoms with E-state index in [1.54, 1.807) is 31.0 Å². The summed E-state index contributed by atoms with van der Waals surface area (Å²) in [4.78, 5) is 0.317. The lowest BCUT2D eigenvalue weighted by atomic mass is 10.0. The minimum absolute atomic E-state index is 0.317. The van der Waals surface area contributed by atoms with Gasteiger partial charge in [0, 0.05) is 19.4 Å². The minimum Gasteiger partial charge on any atom is -0.376 e. The third-order valence-electron chi connectivity index (χ3n) is 3.87. The highest BCUT2D eigenvalue weighted by atomic mass is 32.2. The fraction of sp³-hybridized carbons (Fsp3) is 0.571. The smallest absolute Gasteiger partial charge is 0.240 e. The fourth-order valence-corrected chi connectivity index (χ4v) is 4.75. The number of rotatable bonds is 5. The molecule has 1 aromatic rings. The van der Waals surface area contributed by atoms with Crippen LogP contribution in [0.4, 0.5) is 0 Å². The van der Waals surface area contributed by atoms with Crippen molar-refractivity contribution in [1.29, 1.82) is 0 Å². The van der Waals surface area contributed by atoms with Crippen molar-refractivity contribution in [3.63, 3.8) is 0 Å². The molecule has 1 unspecified atom stereocenters. The van der Waals surface area contributed by atoms with Gasteiger partial charge in [0.2, 0.25) is 10.0 Å². The molecule has 0 saturated carbocycles. The zero-order chi connectivity index (χ0) is 14.8. The fourth-order valence-electron chi connectivity index (χ4n) is 2.15. The number of hydrogen-bond donors (Lipinski definition) is 1. The molecule has 1 heterocycles. The lowest BCUT2D eigenvalue weighted by molar-refractivity contribution is 0.0179. The lowest BCUT2D eigenvalue weighted by Gasteiger charge is -2.26. The number of nitrogens with one attached hydrogen (secondary N) is 1. The van der Waals surface area contributed by atoms with E-state index in [9.17, 15) is 8.42 Å². The van der Waals surface area contributed by atoms with Crippen LogP contribution in [0.3, 0.4) is 0 Å². The average Bonchev–Trinajstić information content (AvgIpc) is 2.89. The molecule has 6 heteroatoms. The number of ether oxygens (including phenoxy) is 1. The highest BCUT2D eigenvalue weighted by Crippen LogP contribution is 2.30. The van der Waals surface area contributed by atoms with Crippen LogP contribution in [0, 0.1) is 13.8 Å². The molecule has 0 aromatic heterocycles. The molecule has 0 spiro atoms. The number of methoxy groups -OCH3 is 1. The van der Waals surface area contributed by atoms with E-state index in [0.717, 1.165) is 29.1 Å². The van der Waals surface area contributed by atoms with E-state index >= 15 is 0 Å². The summed E-state index contributed by atoms with van der Waals surface area (Å²) in [7, 11) is -1.83. The predicted molar refractivity (Wildman–Crippen MR) is 82.8 cm³/mol. The second-order valence-corrected chi connectivity index (χ2v) is 8.13. The van der Waals surface area contributed by atoms with Gasteiger partial charge in [0.15, 0.2) is 0 Å². The molecule has 1 saturated heterocycles. The quantitative estimate of drug-likeness (QED) is 0.904. The highest BCUT2D eigenvalue weighted by Gasteiger charge is 2.35. The molecule has 1 aliphatic rings. The Kier molecular flexibility index (Phi) is 4.79. The van der Waals surface area contributed by atoms with Crippen LogP contribution in [0.15, 0.2) is 23.1 Å². The Morgan fingerprint density at radius 2 is 2.10 bits per heavy atom. The molecule has 1 atom stereocenters. The molecule has 0 aliphatic carbocycles. The van der Waals surface area contributed by atoms with Crippen LogP contribution in [-0.2, 0) is 14.8 Å². The first-order valence-corrected chi connectivity index (χ1v) is 9.22. The molecular formula is C14H21NO3S2. The maximum atomic E-state index is 12.3. The maximum absolute atomic E-state index is 12.3. The normalized spacial score (nSPS) is 23.1. The second kappa shape index (κ2) is 6.05. The first kappa shape index (κ1) is 15.8. The molecule has 1 aliphatic heterocycles. The molecule has 1 aromatic carbocycles. The Labute approximate surface area is 125 Å². The Morgan fingerprint density at radius 1 is 1.35 bits per heavy atom. The van der Waals surface area contributed by atoms with Crippen molar-refractivity contribution in [3.8, 4) is 0 Å². The van der Waals surface area contributed by atoms with E-state index in [-0.39, 0.29) is 5.60 Å². The zero-order valence-electron chi connectivity index (χ0n) is 12.1. The summed E-state index contributed by atoms with van der Waals surface area (Å²) < 4.78 is 32.9. The number of aryl methyl sites for hydroxylation is 2. The summed E-state index contributed by atoms with van der Waals surface area (Å²) in [5, 5.41) is 0. The van der Waals surface area contributed by atoms with Crippen LogP contribution in [0.1, 0.15) is 17.5 Å². The predicted octanol–water partition coefficient (Wildman–Crippen LogP) is 2.10. The SMILES string of the molecule is COC1(CNS(=O)(=O)c2ccc(C)c(C)c2)CCSC1. The van der Waals surface area contributed by atoms with Crippen LogP contribution >= 0.6 is 11.8 Å². The largest absolute Gasteiger partial charge is 0.376 e. The Bertz CT molecular complexity index is 578. The number of sulfonamides is 1. The summed E-state index contributed by atoms with van der Waals surface area (Å²) in [5.41, 5.74) is 1.70. The standard InChI is InChI=1S/C14H21NO3S2/c1-11-4-5-13(8-12(11)2)20(16,17)15-9-14(18-3)6-7-19-10-14/h4-5,8,15H,6-7,9-10H2,1-3H3. The molecule has 1 N–H and O–H groups in total. The molecule has 4 nitrogen and oxygen atoms in total. The van der Waals surface area contributed by atoms with Gasteiger partial charge < -0.3 is 4.74 Å². The van der Waals surface area contributed by atoms with Crippen molar-refractivity contribution in [3.05, 3.63) is 29.3 Å². The summed E-state index contributed by atoms with van der Waals surface area (Å²) in [5.74, 6) is 1.85. The molecule has 0 radical (unpaired) electrons. The van der Waals surface area contributed by atoms with E-state index < -0.39 is 10.0 Å². The topological polar surface area (TPSA) is 55.4 Å². The van der Waals surface area contributed by atoms with E-state index in [4.69, 9.17) is 4.74 Å². The number of thioether (sulfide) groups is 1. The Hall–Kier alpha value is -0.560. The Morgan fingerprint density at radius 3 is 2.65 bits per heavy atom. The van der Waals surface area contributed by atoms with Crippen LogP contribution in [-0.4, -0.2) is 39.2 Å². The van der Waals surface area contributed by atoms with Crippen LogP contribution in [0.25, 0.3) is 0 Å². The molecular weight excluding hydrogens is 294 g/mol. The average molecular weight is 315 g/mol. The van der Waals surface area contributed by atoms with Gasteiger partial charge in [0.05, 0.1) is 10.5 Å². The maximum Gasteiger partial charge on any atom is 0.240 e. The van der Waals surface area contributed by atoms with Gasteiger partial charge in [0.25, 0.3) is 0 Å². The zero-order valence-corrected chi connectivity index (χ0v) is 13.7. The first-order valence-electron chi connectivity index (χ1n) is 6.58. The molecule has 20 heavy (non-hydrogen) atoms. The third-order valence-corrected chi connectivity index (χ3v) is 6.50. The van der Waals surface area contributed by atoms with Gasteiger partial charge in [-0.3, -0.25) is 0 Å². The number of hydrogen-bond acceptors (Lipinski definition) is 4. The molecule has 1 fully saturated rings. The van der Waals surface area contributed by atoms with Crippen molar-refractivity contribution in [2.45, 2.75) is 30.8 Å². The first-order chi connectivity index (χ1) is 9.38. The molecule has 0 amide bonds. The van der Waals surface area contributed by atoms with Crippen molar-refractivity contribution < 1.29 is 13.2 Å². The highest BCUT2D eigenvalue weighted by molar-refractivity contribution is 7.99. The molecule has 0 bridgehead atoms.